The molecule has 3 aliphatic carbocycles. The Hall–Kier alpha value is -3.14. The zero-order valence-electron chi connectivity index (χ0n) is 18.3. The van der Waals surface area contributed by atoms with Gasteiger partial charge < -0.3 is 14.8 Å². The molecule has 184 valence electrons. The van der Waals surface area contributed by atoms with Crippen LogP contribution in [0.25, 0.3) is 0 Å². The molecule has 0 spiro atoms. The number of alkyl halides is 3. The number of carbonyl (C=O) groups excluding carboxylic acids is 3. The molecular formula is C24H20ClF3N2O5. The van der Waals surface area contributed by atoms with Crippen molar-refractivity contribution in [2.75, 3.05) is 6.61 Å². The molecule has 6 rings (SSSR count). The zero-order valence-corrected chi connectivity index (χ0v) is 19.0. The Bertz CT molecular complexity index is 1190. The first-order valence-electron chi connectivity index (χ1n) is 11.0. The normalized spacial score (nSPS) is 26.5. The van der Waals surface area contributed by atoms with Gasteiger partial charge in [0, 0.05) is 17.0 Å². The van der Waals surface area contributed by atoms with E-state index in [-0.39, 0.29) is 42.2 Å². The molecule has 3 saturated carbocycles. The molecule has 1 aromatic carbocycles. The number of ether oxygens (including phenoxy) is 2. The summed E-state index contributed by atoms with van der Waals surface area (Å²) < 4.78 is 48.7. The highest BCUT2D eigenvalue weighted by Gasteiger charge is 2.68. The summed E-state index contributed by atoms with van der Waals surface area (Å²) in [6.07, 6.45) is -2.33. The first kappa shape index (κ1) is 23.6. The quantitative estimate of drug-likeness (QED) is 0.603. The molecule has 3 fully saturated rings. The van der Waals surface area contributed by atoms with Crippen LogP contribution >= 0.6 is 11.6 Å². The van der Waals surface area contributed by atoms with Crippen LogP contribution in [-0.4, -0.2) is 40.7 Å². The van der Waals surface area contributed by atoms with Crippen LogP contribution in [0.1, 0.15) is 48.2 Å². The van der Waals surface area contributed by atoms with Crippen LogP contribution in [0, 0.1) is 5.41 Å². The van der Waals surface area contributed by atoms with E-state index in [1.165, 1.54) is 6.07 Å². The number of amides is 1. The Balaban J connectivity index is 1.08. The summed E-state index contributed by atoms with van der Waals surface area (Å²) in [6.45, 7) is -0.359. The van der Waals surface area contributed by atoms with Crippen molar-refractivity contribution in [2.45, 2.75) is 49.9 Å². The van der Waals surface area contributed by atoms with Gasteiger partial charge in [0.2, 0.25) is 0 Å². The number of Topliss-reactive ketones (excluding diaryl/α,β-unsaturated/α-hetero) is 2. The highest BCUT2D eigenvalue weighted by molar-refractivity contribution is 6.31. The van der Waals surface area contributed by atoms with Crippen molar-refractivity contribution in [3.8, 4) is 11.5 Å². The average Bonchev–Trinajstić information content (AvgIpc) is 2.75. The second-order valence-corrected chi connectivity index (χ2v) is 9.98. The van der Waals surface area contributed by atoms with Gasteiger partial charge in [0.15, 0.2) is 24.3 Å². The number of halogens is 4. The fourth-order valence-electron chi connectivity index (χ4n) is 5.39. The van der Waals surface area contributed by atoms with Crippen molar-refractivity contribution in [1.29, 1.82) is 0 Å². The summed E-state index contributed by atoms with van der Waals surface area (Å²) >= 11 is 5.93. The summed E-state index contributed by atoms with van der Waals surface area (Å²) in [6, 6.07) is 6.61. The van der Waals surface area contributed by atoms with Crippen LogP contribution in [-0.2, 0) is 15.8 Å². The van der Waals surface area contributed by atoms with E-state index >= 15 is 0 Å². The maximum Gasteiger partial charge on any atom is 0.433 e. The van der Waals surface area contributed by atoms with E-state index in [1.54, 1.807) is 12.1 Å². The van der Waals surface area contributed by atoms with Gasteiger partial charge in [-0.15, -0.1) is 0 Å². The van der Waals surface area contributed by atoms with E-state index < -0.39 is 29.4 Å². The largest absolute Gasteiger partial charge is 0.482 e. The molecule has 1 aliphatic heterocycles. The van der Waals surface area contributed by atoms with Crippen molar-refractivity contribution in [3.63, 3.8) is 0 Å². The number of benzene rings is 1. The number of rotatable bonds is 7. The van der Waals surface area contributed by atoms with Crippen molar-refractivity contribution < 1.29 is 37.0 Å². The lowest BCUT2D eigenvalue weighted by Gasteiger charge is -2.70. The Kier molecular flexibility index (Phi) is 5.54. The number of aromatic nitrogens is 1. The van der Waals surface area contributed by atoms with Crippen molar-refractivity contribution in [2.24, 2.45) is 5.41 Å². The Morgan fingerprint density at radius 2 is 1.94 bits per heavy atom. The van der Waals surface area contributed by atoms with Gasteiger partial charge in [-0.1, -0.05) is 11.6 Å². The molecule has 0 unspecified atom stereocenters. The third-order valence-corrected chi connectivity index (χ3v) is 6.97. The molecule has 2 bridgehead atoms. The van der Waals surface area contributed by atoms with Crippen LogP contribution in [0.2, 0.25) is 5.02 Å². The molecule has 1 atom stereocenters. The van der Waals surface area contributed by atoms with Crippen LogP contribution in [0.5, 0.6) is 11.5 Å². The number of nitrogens with zero attached hydrogens (tertiary/aromatic N) is 1. The zero-order chi connectivity index (χ0) is 25.0. The van der Waals surface area contributed by atoms with Gasteiger partial charge in [0.1, 0.15) is 17.2 Å². The number of hydrogen-bond donors (Lipinski definition) is 1. The fraction of sp³-hybridized carbons (Fsp3) is 0.417. The molecule has 1 aromatic heterocycles. The Morgan fingerprint density at radius 1 is 1.20 bits per heavy atom. The monoisotopic (exact) mass is 508 g/mol. The number of carbonyl (C=O) groups is 3. The van der Waals surface area contributed by atoms with Gasteiger partial charge in [-0.05, 0) is 55.0 Å². The van der Waals surface area contributed by atoms with Gasteiger partial charge in [0.25, 0.3) is 5.91 Å². The molecule has 35 heavy (non-hydrogen) atoms. The number of hydrogen-bond acceptors (Lipinski definition) is 6. The summed E-state index contributed by atoms with van der Waals surface area (Å²) in [7, 11) is 0. The lowest BCUT2D eigenvalue weighted by Crippen LogP contribution is -2.75. The number of ketones is 2. The average molecular weight is 509 g/mol. The maximum atomic E-state index is 12.8. The summed E-state index contributed by atoms with van der Waals surface area (Å²) in [5, 5.41) is 3.32. The lowest BCUT2D eigenvalue weighted by molar-refractivity contribution is -0.175. The summed E-state index contributed by atoms with van der Waals surface area (Å²) in [5.74, 6) is -0.318. The van der Waals surface area contributed by atoms with E-state index in [9.17, 15) is 27.6 Å². The lowest BCUT2D eigenvalue weighted by atomic mass is 9.38. The van der Waals surface area contributed by atoms with E-state index in [0.29, 0.717) is 35.6 Å². The fourth-order valence-corrected chi connectivity index (χ4v) is 5.56. The van der Waals surface area contributed by atoms with E-state index in [1.807, 2.05) is 0 Å². The van der Waals surface area contributed by atoms with Crippen molar-refractivity contribution in [1.82, 2.24) is 10.3 Å². The molecule has 0 saturated heterocycles. The molecule has 4 aliphatic rings. The highest BCUT2D eigenvalue weighted by atomic mass is 35.5. The summed E-state index contributed by atoms with van der Waals surface area (Å²) in [4.78, 5) is 40.8. The van der Waals surface area contributed by atoms with Crippen LogP contribution < -0.4 is 14.8 Å². The molecule has 0 radical (unpaired) electrons. The minimum absolute atomic E-state index is 0.0275. The SMILES string of the molecule is O=C(COc1ccc(C(F)(F)F)nc1)NC12CC(CC(=O)[C@@H]3CC(=O)c4cc(Cl)ccc4O3)(C1)C2. The molecule has 1 amide bonds. The maximum absolute atomic E-state index is 12.8. The van der Waals surface area contributed by atoms with Gasteiger partial charge in [-0.3, -0.25) is 14.4 Å². The molecule has 11 heteroatoms. The third kappa shape index (κ3) is 4.59. The Morgan fingerprint density at radius 3 is 2.60 bits per heavy atom. The standard InChI is InChI=1S/C24H20ClF3N2O5/c25-13-1-3-18-15(5-13)16(31)6-19(35-18)17(32)7-22-10-23(11-22,12-22)30-21(33)9-34-14-2-4-20(29-8-14)24(26,27)28/h1-5,8,19H,6-7,9-12H2,(H,30,33)/t19-,22?,23?/m0/s1. The van der Waals surface area contributed by atoms with Crippen molar-refractivity contribution >= 4 is 29.1 Å². The van der Waals surface area contributed by atoms with Crippen LogP contribution in [0.4, 0.5) is 13.2 Å². The highest BCUT2D eigenvalue weighted by Crippen LogP contribution is 2.69. The smallest absolute Gasteiger partial charge is 0.433 e. The third-order valence-electron chi connectivity index (χ3n) is 6.73. The molecule has 1 N–H and O–H groups in total. The van der Waals surface area contributed by atoms with E-state index in [2.05, 4.69) is 10.3 Å². The Labute approximate surface area is 202 Å². The molecule has 2 aromatic rings. The second kappa shape index (κ2) is 8.22. The first-order chi connectivity index (χ1) is 16.5. The van der Waals surface area contributed by atoms with Gasteiger partial charge in [0.05, 0.1) is 18.2 Å². The number of nitrogens with one attached hydrogen (secondary N) is 1. The predicted molar refractivity (Wildman–Crippen MR) is 116 cm³/mol. The summed E-state index contributed by atoms with van der Waals surface area (Å²) in [5.41, 5.74) is -1.27. The van der Waals surface area contributed by atoms with E-state index in [0.717, 1.165) is 18.3 Å². The second-order valence-electron chi connectivity index (χ2n) is 9.54. The number of fused-ring (bicyclic) bond motifs is 1. The number of pyridine rings is 1. The van der Waals surface area contributed by atoms with Crippen LogP contribution in [0.15, 0.2) is 36.5 Å². The first-order valence-corrected chi connectivity index (χ1v) is 11.3. The van der Waals surface area contributed by atoms with Crippen LogP contribution in [0.3, 0.4) is 0 Å². The molecule has 7 nitrogen and oxygen atoms in total. The van der Waals surface area contributed by atoms with Gasteiger partial charge in [-0.25, -0.2) is 4.98 Å². The van der Waals surface area contributed by atoms with E-state index in [4.69, 9.17) is 21.1 Å². The van der Waals surface area contributed by atoms with Crippen molar-refractivity contribution in [3.05, 3.63) is 52.8 Å². The van der Waals surface area contributed by atoms with Gasteiger partial charge in [-0.2, -0.15) is 13.2 Å². The van der Waals surface area contributed by atoms with Gasteiger partial charge >= 0.3 is 6.18 Å². The topological polar surface area (TPSA) is 94.6 Å². The molecular weight excluding hydrogens is 489 g/mol. The minimum Gasteiger partial charge on any atom is -0.482 e. The minimum atomic E-state index is -4.55. The molecule has 2 heterocycles. The predicted octanol–water partition coefficient (Wildman–Crippen LogP) is 4.16.